The average Bonchev–Trinajstić information content (AvgIpc) is 3.17. The van der Waals surface area contributed by atoms with Gasteiger partial charge in [0.05, 0.1) is 18.6 Å². The molecule has 0 bridgehead atoms. The Balaban J connectivity index is 0.00000196. The number of imidazole rings is 1. The molecule has 1 saturated carbocycles. The van der Waals surface area contributed by atoms with E-state index < -0.39 is 0 Å². The van der Waals surface area contributed by atoms with Crippen LogP contribution in [-0.4, -0.2) is 28.6 Å². The summed E-state index contributed by atoms with van der Waals surface area (Å²) in [6, 6.07) is 7.56. The van der Waals surface area contributed by atoms with E-state index in [9.17, 15) is 4.79 Å². The molecule has 6 nitrogen and oxygen atoms in total. The van der Waals surface area contributed by atoms with Crippen LogP contribution in [0.15, 0.2) is 43.0 Å². The van der Waals surface area contributed by atoms with E-state index >= 15 is 0 Å². The first-order valence-electron chi connectivity index (χ1n) is 9.38. The van der Waals surface area contributed by atoms with Gasteiger partial charge in [-0.05, 0) is 36.9 Å². The Bertz CT molecular complexity index is 704. The number of para-hydroxylation sites is 2. The van der Waals surface area contributed by atoms with Crippen molar-refractivity contribution in [1.82, 2.24) is 9.55 Å². The van der Waals surface area contributed by atoms with E-state index in [0.29, 0.717) is 37.6 Å². The van der Waals surface area contributed by atoms with Gasteiger partial charge in [-0.25, -0.2) is 4.98 Å². The molecule has 3 N–H and O–H groups in total. The molecule has 2 aromatic rings. The number of carbonyl (C=O) groups excluding carboxylic acids is 1. The van der Waals surface area contributed by atoms with Gasteiger partial charge < -0.3 is 20.4 Å². The maximum Gasteiger partial charge on any atom is 0.225 e. The van der Waals surface area contributed by atoms with Crippen LogP contribution in [0.1, 0.15) is 38.5 Å². The number of hydrogen-bond acceptors (Lipinski definition) is 4. The van der Waals surface area contributed by atoms with E-state index in [1.807, 2.05) is 35.0 Å². The standard InChI is InChI=1S/C20H28N4O2.2ClH/c21-15-20(8-4-1-5-9-20)14-19(25)23-17-6-2-3-7-18(17)26-13-12-24-11-10-22-16-24;;/h2-3,6-7,10-11,16H,1,4-5,8-9,12-15,21H2,(H,23,25);2*1H. The molecule has 1 amide bonds. The van der Waals surface area contributed by atoms with Crippen LogP contribution >= 0.6 is 24.8 Å². The molecule has 1 heterocycles. The fourth-order valence-corrected chi connectivity index (χ4v) is 3.67. The normalized spacial score (nSPS) is 15.0. The van der Waals surface area contributed by atoms with Crippen LogP contribution in [0.25, 0.3) is 0 Å². The van der Waals surface area contributed by atoms with Gasteiger partial charge in [0.2, 0.25) is 5.91 Å². The lowest BCUT2D eigenvalue weighted by molar-refractivity contribution is -0.118. The molecule has 156 valence electrons. The van der Waals surface area contributed by atoms with Crippen molar-refractivity contribution in [3.63, 3.8) is 0 Å². The predicted molar refractivity (Wildman–Crippen MR) is 116 cm³/mol. The van der Waals surface area contributed by atoms with Gasteiger partial charge >= 0.3 is 0 Å². The minimum Gasteiger partial charge on any atom is -0.490 e. The number of aromatic nitrogens is 2. The van der Waals surface area contributed by atoms with E-state index in [2.05, 4.69) is 10.3 Å². The van der Waals surface area contributed by atoms with Gasteiger partial charge in [-0.15, -0.1) is 24.8 Å². The zero-order valence-electron chi connectivity index (χ0n) is 16.0. The minimum atomic E-state index is -0.0421. The quantitative estimate of drug-likeness (QED) is 0.664. The lowest BCUT2D eigenvalue weighted by atomic mass is 9.71. The van der Waals surface area contributed by atoms with E-state index in [-0.39, 0.29) is 36.1 Å². The van der Waals surface area contributed by atoms with Crippen LogP contribution in [-0.2, 0) is 11.3 Å². The number of nitrogens with two attached hydrogens (primary N) is 1. The molecule has 8 heteroatoms. The molecule has 1 aliphatic carbocycles. The second-order valence-corrected chi connectivity index (χ2v) is 7.13. The van der Waals surface area contributed by atoms with Gasteiger partial charge in [-0.2, -0.15) is 0 Å². The third kappa shape index (κ3) is 6.69. The Kier molecular flexibility index (Phi) is 10.4. The zero-order chi connectivity index (χ0) is 18.2. The molecule has 1 aromatic carbocycles. The summed E-state index contributed by atoms with van der Waals surface area (Å²) in [5.74, 6) is 0.703. The molecule has 0 atom stereocenters. The minimum absolute atomic E-state index is 0. The SMILES string of the molecule is Cl.Cl.NCC1(CC(=O)Nc2ccccc2OCCn2ccnc2)CCCCC1. The average molecular weight is 429 g/mol. The van der Waals surface area contributed by atoms with Crippen molar-refractivity contribution in [2.75, 3.05) is 18.5 Å². The number of carbonyl (C=O) groups is 1. The number of rotatable bonds is 8. The first kappa shape index (κ1) is 24.3. The summed E-state index contributed by atoms with van der Waals surface area (Å²) in [6.45, 7) is 1.79. The van der Waals surface area contributed by atoms with Crippen molar-refractivity contribution in [3.05, 3.63) is 43.0 Å². The van der Waals surface area contributed by atoms with Crippen LogP contribution in [0.5, 0.6) is 5.75 Å². The highest BCUT2D eigenvalue weighted by Gasteiger charge is 2.33. The Hall–Kier alpha value is -1.76. The molecular weight excluding hydrogens is 399 g/mol. The summed E-state index contributed by atoms with van der Waals surface area (Å²) < 4.78 is 7.82. The number of nitrogens with one attached hydrogen (secondary N) is 1. The highest BCUT2D eigenvalue weighted by Crippen LogP contribution is 2.38. The third-order valence-electron chi connectivity index (χ3n) is 5.21. The van der Waals surface area contributed by atoms with Crippen molar-refractivity contribution in [2.45, 2.75) is 45.1 Å². The van der Waals surface area contributed by atoms with Gasteiger partial charge in [-0.1, -0.05) is 31.4 Å². The summed E-state index contributed by atoms with van der Waals surface area (Å²) in [5, 5.41) is 3.02. The number of anilines is 1. The summed E-state index contributed by atoms with van der Waals surface area (Å²) in [7, 11) is 0. The monoisotopic (exact) mass is 428 g/mol. The molecule has 0 saturated heterocycles. The van der Waals surface area contributed by atoms with Crippen molar-refractivity contribution in [2.24, 2.45) is 11.1 Å². The summed E-state index contributed by atoms with van der Waals surface area (Å²) >= 11 is 0. The second-order valence-electron chi connectivity index (χ2n) is 7.13. The molecule has 0 aliphatic heterocycles. The van der Waals surface area contributed by atoms with Crippen LogP contribution in [0, 0.1) is 5.41 Å². The van der Waals surface area contributed by atoms with Crippen LogP contribution in [0.4, 0.5) is 5.69 Å². The van der Waals surface area contributed by atoms with Crippen molar-refractivity contribution >= 4 is 36.4 Å². The predicted octanol–water partition coefficient (Wildman–Crippen LogP) is 4.04. The van der Waals surface area contributed by atoms with Gasteiger partial charge in [0.15, 0.2) is 0 Å². The van der Waals surface area contributed by atoms with Crippen molar-refractivity contribution in [1.29, 1.82) is 0 Å². The molecule has 28 heavy (non-hydrogen) atoms. The van der Waals surface area contributed by atoms with Gasteiger partial charge in [0.1, 0.15) is 12.4 Å². The van der Waals surface area contributed by atoms with Crippen LogP contribution in [0.3, 0.4) is 0 Å². The molecule has 3 rings (SSSR count). The Morgan fingerprint density at radius 1 is 1.21 bits per heavy atom. The van der Waals surface area contributed by atoms with Gasteiger partial charge in [-0.3, -0.25) is 4.79 Å². The maximum absolute atomic E-state index is 12.6. The summed E-state index contributed by atoms with van der Waals surface area (Å²) in [6.07, 6.45) is 11.5. The number of benzene rings is 1. The largest absolute Gasteiger partial charge is 0.490 e. The zero-order valence-corrected chi connectivity index (χ0v) is 17.6. The van der Waals surface area contributed by atoms with Crippen molar-refractivity contribution in [3.8, 4) is 5.75 Å². The van der Waals surface area contributed by atoms with Crippen molar-refractivity contribution < 1.29 is 9.53 Å². The Morgan fingerprint density at radius 3 is 2.64 bits per heavy atom. The fourth-order valence-electron chi connectivity index (χ4n) is 3.67. The van der Waals surface area contributed by atoms with E-state index in [0.717, 1.165) is 12.8 Å². The number of nitrogens with zero attached hydrogens (tertiary/aromatic N) is 2. The summed E-state index contributed by atoms with van der Waals surface area (Å²) in [5.41, 5.74) is 6.68. The molecule has 0 radical (unpaired) electrons. The number of hydrogen-bond donors (Lipinski definition) is 2. The first-order valence-corrected chi connectivity index (χ1v) is 9.38. The van der Waals surface area contributed by atoms with E-state index in [1.54, 1.807) is 12.5 Å². The second kappa shape index (κ2) is 11.9. The molecular formula is C20H30Cl2N4O2. The Labute approximate surface area is 179 Å². The van der Waals surface area contributed by atoms with Crippen LogP contribution < -0.4 is 15.8 Å². The highest BCUT2D eigenvalue weighted by atomic mass is 35.5. The van der Waals surface area contributed by atoms with Gasteiger partial charge in [0.25, 0.3) is 0 Å². The molecule has 1 fully saturated rings. The molecule has 0 spiro atoms. The topological polar surface area (TPSA) is 82.2 Å². The first-order chi connectivity index (χ1) is 12.7. The van der Waals surface area contributed by atoms with Crippen LogP contribution in [0.2, 0.25) is 0 Å². The number of halogens is 2. The summed E-state index contributed by atoms with van der Waals surface area (Å²) in [4.78, 5) is 16.6. The fraction of sp³-hybridized carbons (Fsp3) is 0.500. The highest BCUT2D eigenvalue weighted by molar-refractivity contribution is 5.92. The number of ether oxygens (including phenoxy) is 1. The van der Waals surface area contributed by atoms with Gasteiger partial charge in [0, 0.05) is 18.8 Å². The lowest BCUT2D eigenvalue weighted by Gasteiger charge is -2.35. The smallest absolute Gasteiger partial charge is 0.225 e. The molecule has 1 aliphatic rings. The Morgan fingerprint density at radius 2 is 1.96 bits per heavy atom. The lowest BCUT2D eigenvalue weighted by Crippen LogP contribution is -2.36. The van der Waals surface area contributed by atoms with E-state index in [1.165, 1.54) is 19.3 Å². The molecule has 0 unspecified atom stereocenters. The third-order valence-corrected chi connectivity index (χ3v) is 5.21. The maximum atomic E-state index is 12.6. The number of amides is 1. The molecule has 1 aromatic heterocycles. The van der Waals surface area contributed by atoms with E-state index in [4.69, 9.17) is 10.5 Å².